The number of hydrogen-bond acceptors (Lipinski definition) is 5. The normalized spacial score (nSPS) is 12.0. The standard InChI is InChI=1S/C13H10Cl2N2O5/c14-8-3-7(4-9(15)5-8)10(18)6-16-13(19)11-1-2-12(22-11)17(20)21/h1-5,10,18H,6H2,(H,16,19). The van der Waals surface area contributed by atoms with Crippen LogP contribution in [0.1, 0.15) is 22.2 Å². The van der Waals surface area contributed by atoms with Crippen molar-refractivity contribution in [1.82, 2.24) is 5.32 Å². The van der Waals surface area contributed by atoms with Gasteiger partial charge < -0.3 is 14.8 Å². The van der Waals surface area contributed by atoms with Gasteiger partial charge in [0.25, 0.3) is 5.91 Å². The average Bonchev–Trinajstić information content (AvgIpc) is 2.93. The number of halogens is 2. The van der Waals surface area contributed by atoms with Crippen molar-refractivity contribution in [2.75, 3.05) is 6.54 Å². The molecule has 2 rings (SSSR count). The third kappa shape index (κ3) is 3.97. The summed E-state index contributed by atoms with van der Waals surface area (Å²) in [6.07, 6.45) is -1.04. The van der Waals surface area contributed by atoms with Gasteiger partial charge in [-0.3, -0.25) is 14.9 Å². The summed E-state index contributed by atoms with van der Waals surface area (Å²) in [5.74, 6) is -1.43. The Morgan fingerprint density at radius 3 is 2.50 bits per heavy atom. The summed E-state index contributed by atoms with van der Waals surface area (Å²) >= 11 is 11.6. The van der Waals surface area contributed by atoms with Gasteiger partial charge in [-0.05, 0) is 29.8 Å². The van der Waals surface area contributed by atoms with E-state index in [4.69, 9.17) is 27.6 Å². The minimum atomic E-state index is -1.04. The molecule has 1 atom stereocenters. The van der Waals surface area contributed by atoms with E-state index in [0.717, 1.165) is 6.07 Å². The number of furan rings is 1. The van der Waals surface area contributed by atoms with E-state index in [1.54, 1.807) is 0 Å². The summed E-state index contributed by atoms with van der Waals surface area (Å²) < 4.78 is 4.75. The van der Waals surface area contributed by atoms with Crippen molar-refractivity contribution in [1.29, 1.82) is 0 Å². The lowest BCUT2D eigenvalue weighted by molar-refractivity contribution is -0.402. The Kier molecular flexibility index (Phi) is 5.02. The highest BCUT2D eigenvalue weighted by molar-refractivity contribution is 6.34. The molecule has 1 heterocycles. The third-order valence-electron chi connectivity index (χ3n) is 2.72. The van der Waals surface area contributed by atoms with E-state index in [-0.39, 0.29) is 12.3 Å². The van der Waals surface area contributed by atoms with Crippen LogP contribution in [-0.4, -0.2) is 22.5 Å². The van der Waals surface area contributed by atoms with Crippen molar-refractivity contribution in [3.05, 3.63) is 61.8 Å². The summed E-state index contributed by atoms with van der Waals surface area (Å²) in [5.41, 5.74) is 0.434. The predicted octanol–water partition coefficient (Wildman–Crippen LogP) is 2.96. The molecule has 116 valence electrons. The number of rotatable bonds is 5. The summed E-state index contributed by atoms with van der Waals surface area (Å²) in [6.45, 7) is -0.135. The SMILES string of the molecule is O=C(NCC(O)c1cc(Cl)cc(Cl)c1)c1ccc([N+](=O)[O-])o1. The highest BCUT2D eigenvalue weighted by Gasteiger charge is 2.18. The molecule has 2 aromatic rings. The van der Waals surface area contributed by atoms with Crippen LogP contribution in [0.4, 0.5) is 5.88 Å². The largest absolute Gasteiger partial charge is 0.433 e. The zero-order chi connectivity index (χ0) is 16.3. The molecule has 0 aliphatic carbocycles. The molecule has 1 aromatic heterocycles. The Hall–Kier alpha value is -2.09. The fourth-order valence-electron chi connectivity index (χ4n) is 1.71. The Bertz CT molecular complexity index is 696. The lowest BCUT2D eigenvalue weighted by Crippen LogP contribution is -2.28. The average molecular weight is 345 g/mol. The number of aliphatic hydroxyl groups excluding tert-OH is 1. The zero-order valence-corrected chi connectivity index (χ0v) is 12.5. The van der Waals surface area contributed by atoms with Crippen LogP contribution in [0.3, 0.4) is 0 Å². The molecule has 0 aliphatic heterocycles. The van der Waals surface area contributed by atoms with E-state index in [0.29, 0.717) is 15.6 Å². The molecular formula is C13H10Cl2N2O5. The fraction of sp³-hybridized carbons (Fsp3) is 0.154. The summed E-state index contributed by atoms with van der Waals surface area (Å²) in [7, 11) is 0. The highest BCUT2D eigenvalue weighted by Crippen LogP contribution is 2.23. The fourth-order valence-corrected chi connectivity index (χ4v) is 2.25. The van der Waals surface area contributed by atoms with Gasteiger partial charge >= 0.3 is 5.88 Å². The first-order chi connectivity index (χ1) is 10.4. The molecular weight excluding hydrogens is 335 g/mol. The number of benzene rings is 1. The number of aliphatic hydroxyl groups is 1. The van der Waals surface area contributed by atoms with Gasteiger partial charge in [0.15, 0.2) is 5.76 Å². The van der Waals surface area contributed by atoms with E-state index >= 15 is 0 Å². The lowest BCUT2D eigenvalue weighted by Gasteiger charge is -2.12. The minimum absolute atomic E-state index is 0.135. The van der Waals surface area contributed by atoms with Crippen LogP contribution in [0.2, 0.25) is 10.0 Å². The van der Waals surface area contributed by atoms with Crippen LogP contribution in [0.15, 0.2) is 34.7 Å². The molecule has 0 spiro atoms. The predicted molar refractivity (Wildman–Crippen MR) is 79.1 cm³/mol. The molecule has 0 fully saturated rings. The van der Waals surface area contributed by atoms with Crippen LogP contribution in [0, 0.1) is 10.1 Å². The van der Waals surface area contributed by atoms with E-state index in [9.17, 15) is 20.0 Å². The molecule has 1 aromatic carbocycles. The van der Waals surface area contributed by atoms with E-state index < -0.39 is 22.8 Å². The Balaban J connectivity index is 1.99. The first-order valence-electron chi connectivity index (χ1n) is 6.03. The van der Waals surface area contributed by atoms with Crippen molar-refractivity contribution in [2.24, 2.45) is 0 Å². The molecule has 9 heteroatoms. The number of carbonyl (C=O) groups is 1. The van der Waals surface area contributed by atoms with E-state index in [1.807, 2.05) is 0 Å². The molecule has 0 saturated carbocycles. The first kappa shape index (κ1) is 16.3. The molecule has 7 nitrogen and oxygen atoms in total. The Labute approximate surface area is 134 Å². The number of nitrogens with one attached hydrogen (secondary N) is 1. The molecule has 1 amide bonds. The van der Waals surface area contributed by atoms with Gasteiger partial charge in [0.05, 0.1) is 12.2 Å². The first-order valence-corrected chi connectivity index (χ1v) is 6.79. The third-order valence-corrected chi connectivity index (χ3v) is 3.16. The van der Waals surface area contributed by atoms with Crippen LogP contribution in [0.5, 0.6) is 0 Å². The van der Waals surface area contributed by atoms with Crippen LogP contribution in [-0.2, 0) is 0 Å². The molecule has 0 bridgehead atoms. The Morgan fingerprint density at radius 1 is 1.32 bits per heavy atom. The number of nitrogens with zero attached hydrogens (tertiary/aromatic N) is 1. The molecule has 2 N–H and O–H groups in total. The Morgan fingerprint density at radius 2 is 1.95 bits per heavy atom. The van der Waals surface area contributed by atoms with Crippen molar-refractivity contribution in [2.45, 2.75) is 6.10 Å². The van der Waals surface area contributed by atoms with E-state index in [1.165, 1.54) is 24.3 Å². The monoisotopic (exact) mass is 344 g/mol. The molecule has 0 aliphatic rings. The number of carbonyl (C=O) groups excluding carboxylic acids is 1. The maximum atomic E-state index is 11.8. The highest BCUT2D eigenvalue weighted by atomic mass is 35.5. The van der Waals surface area contributed by atoms with Gasteiger partial charge in [0.2, 0.25) is 0 Å². The summed E-state index contributed by atoms with van der Waals surface area (Å²) in [4.78, 5) is 21.5. The second kappa shape index (κ2) is 6.78. The number of hydrogen-bond donors (Lipinski definition) is 2. The van der Waals surface area contributed by atoms with Crippen molar-refractivity contribution in [3.63, 3.8) is 0 Å². The van der Waals surface area contributed by atoms with E-state index in [2.05, 4.69) is 5.32 Å². The maximum Gasteiger partial charge on any atom is 0.433 e. The second-order valence-electron chi connectivity index (χ2n) is 4.32. The van der Waals surface area contributed by atoms with Crippen LogP contribution >= 0.6 is 23.2 Å². The lowest BCUT2D eigenvalue weighted by atomic mass is 10.1. The minimum Gasteiger partial charge on any atom is -0.395 e. The van der Waals surface area contributed by atoms with Crippen LogP contribution < -0.4 is 5.32 Å². The maximum absolute atomic E-state index is 11.8. The van der Waals surface area contributed by atoms with Crippen molar-refractivity contribution in [3.8, 4) is 0 Å². The van der Waals surface area contributed by atoms with Crippen molar-refractivity contribution >= 4 is 35.0 Å². The summed E-state index contributed by atoms with van der Waals surface area (Å²) in [5, 5.41) is 23.6. The van der Waals surface area contributed by atoms with Gasteiger partial charge in [0.1, 0.15) is 4.92 Å². The zero-order valence-electron chi connectivity index (χ0n) is 11.0. The van der Waals surface area contributed by atoms with Gasteiger partial charge in [-0.15, -0.1) is 0 Å². The molecule has 0 radical (unpaired) electrons. The van der Waals surface area contributed by atoms with Gasteiger partial charge in [0, 0.05) is 16.6 Å². The van der Waals surface area contributed by atoms with Crippen LogP contribution in [0.25, 0.3) is 0 Å². The molecule has 1 unspecified atom stereocenters. The quantitative estimate of drug-likeness (QED) is 0.640. The van der Waals surface area contributed by atoms with Gasteiger partial charge in [-0.1, -0.05) is 23.2 Å². The second-order valence-corrected chi connectivity index (χ2v) is 5.20. The van der Waals surface area contributed by atoms with Gasteiger partial charge in [-0.25, -0.2) is 0 Å². The summed E-state index contributed by atoms with van der Waals surface area (Å²) in [6, 6.07) is 6.79. The topological polar surface area (TPSA) is 106 Å². The van der Waals surface area contributed by atoms with Gasteiger partial charge in [-0.2, -0.15) is 0 Å². The number of amides is 1. The molecule has 22 heavy (non-hydrogen) atoms. The smallest absolute Gasteiger partial charge is 0.395 e. The molecule has 0 saturated heterocycles. The van der Waals surface area contributed by atoms with Crippen molar-refractivity contribution < 1.29 is 19.2 Å². The number of nitro groups is 1.